The van der Waals surface area contributed by atoms with Crippen LogP contribution in [-0.4, -0.2) is 77.1 Å². The molecule has 3 aliphatic heterocycles. The van der Waals surface area contributed by atoms with Crippen molar-refractivity contribution in [2.24, 2.45) is 0 Å². The number of thioether (sulfide) groups is 1. The van der Waals surface area contributed by atoms with E-state index in [2.05, 4.69) is 22.3 Å². The van der Waals surface area contributed by atoms with Gasteiger partial charge in [-0.15, -0.1) is 11.8 Å². The first-order chi connectivity index (χ1) is 20.9. The van der Waals surface area contributed by atoms with Crippen LogP contribution in [0.3, 0.4) is 0 Å². The number of fused-ring (bicyclic) bond motifs is 1. The Morgan fingerprint density at radius 3 is 2.09 bits per heavy atom. The Balaban J connectivity index is 1.21. The van der Waals surface area contributed by atoms with Gasteiger partial charge in [0.05, 0.1) is 19.0 Å². The molecule has 224 valence electrons. The quantitative estimate of drug-likeness (QED) is 0.292. The Bertz CT molecular complexity index is 1460. The summed E-state index contributed by atoms with van der Waals surface area (Å²) in [6, 6.07) is 23.4. The Morgan fingerprint density at radius 1 is 0.884 bits per heavy atom. The van der Waals surface area contributed by atoms with Crippen LogP contribution in [0.4, 0.5) is 0 Å². The summed E-state index contributed by atoms with van der Waals surface area (Å²) in [6.07, 6.45) is 1.44. The number of carbonyl (C=O) groups is 3. The van der Waals surface area contributed by atoms with Gasteiger partial charge in [0.25, 0.3) is 5.91 Å². The van der Waals surface area contributed by atoms with E-state index in [-0.39, 0.29) is 23.5 Å². The number of amides is 2. The topological polar surface area (TPSA) is 97.4 Å². The lowest BCUT2D eigenvalue weighted by atomic mass is 9.85. The van der Waals surface area contributed by atoms with Crippen molar-refractivity contribution in [1.29, 1.82) is 0 Å². The molecule has 3 aliphatic rings. The lowest BCUT2D eigenvalue weighted by molar-refractivity contribution is -0.165. The highest BCUT2D eigenvalue weighted by Gasteiger charge is 2.67. The van der Waals surface area contributed by atoms with E-state index < -0.39 is 28.7 Å². The molecule has 3 fully saturated rings. The molecular weight excluding hydrogens is 566 g/mol. The van der Waals surface area contributed by atoms with Crippen molar-refractivity contribution in [3.05, 3.63) is 95.6 Å². The molecule has 2 unspecified atom stereocenters. The van der Waals surface area contributed by atoms with Crippen LogP contribution in [0.2, 0.25) is 0 Å². The minimum atomic E-state index is -0.779. The third-order valence-corrected chi connectivity index (χ3v) is 10.4. The molecule has 3 atom stereocenters. The van der Waals surface area contributed by atoms with Crippen molar-refractivity contribution in [2.45, 2.75) is 48.2 Å². The summed E-state index contributed by atoms with van der Waals surface area (Å²) in [7, 11) is 2.96. The van der Waals surface area contributed by atoms with Gasteiger partial charge in [-0.3, -0.25) is 14.5 Å². The smallest absolute Gasteiger partial charge is 0.330 e. The molecule has 3 aromatic carbocycles. The van der Waals surface area contributed by atoms with Crippen LogP contribution in [0.25, 0.3) is 0 Å². The monoisotopic (exact) mass is 601 g/mol. The zero-order chi connectivity index (χ0) is 30.0. The fraction of sp³-hybridized carbons (Fsp3) is 0.364. The molecule has 43 heavy (non-hydrogen) atoms. The van der Waals surface area contributed by atoms with Gasteiger partial charge in [0, 0.05) is 6.54 Å². The average molecular weight is 602 g/mol. The molecule has 1 spiro atoms. The molecule has 0 saturated carbocycles. The van der Waals surface area contributed by atoms with E-state index in [4.69, 9.17) is 14.2 Å². The first-order valence-corrected chi connectivity index (χ1v) is 15.3. The highest BCUT2D eigenvalue weighted by Crippen LogP contribution is 2.56. The molecular formula is C33H35N3O6S. The molecule has 0 aromatic heterocycles. The third kappa shape index (κ3) is 5.57. The number of ether oxygens (including phenoxy) is 3. The third-order valence-electron chi connectivity index (χ3n) is 8.55. The summed E-state index contributed by atoms with van der Waals surface area (Å²) in [5.74, 6) is -0.451. The molecule has 0 bridgehead atoms. The number of methoxy groups -OCH3 is 2. The molecule has 2 amide bonds. The predicted molar refractivity (Wildman–Crippen MR) is 163 cm³/mol. The first-order valence-electron chi connectivity index (χ1n) is 14.4. The van der Waals surface area contributed by atoms with Crippen LogP contribution >= 0.6 is 11.8 Å². The maximum absolute atomic E-state index is 13.8. The molecule has 6 rings (SSSR count). The van der Waals surface area contributed by atoms with Crippen molar-refractivity contribution in [1.82, 2.24) is 15.1 Å². The molecule has 10 heteroatoms. The SMILES string of the molecule is COc1cccc(OC)c1C(=O)NC1C(=O)N2C(C(=O)OCc3ccccc3)C3(CCN(Cc4ccccc4)CC3)S[C@@H]12. The summed E-state index contributed by atoms with van der Waals surface area (Å²) in [5.41, 5.74) is 2.35. The number of nitrogens with one attached hydrogen (secondary N) is 1. The normalized spacial score (nSPS) is 22.4. The van der Waals surface area contributed by atoms with E-state index in [0.717, 1.165) is 38.0 Å². The van der Waals surface area contributed by atoms with Gasteiger partial charge in [0.15, 0.2) is 0 Å². The Labute approximate surface area is 255 Å². The number of likely N-dealkylation sites (tertiary alicyclic amines) is 1. The predicted octanol–water partition coefficient (Wildman–Crippen LogP) is 3.86. The zero-order valence-electron chi connectivity index (χ0n) is 24.2. The van der Waals surface area contributed by atoms with Crippen molar-refractivity contribution in [2.75, 3.05) is 27.3 Å². The standard InChI is InChI=1S/C33H35N3O6S/c1-40-24-14-9-15-25(41-2)26(24)29(37)34-27-30(38)36-28(32(39)42-21-23-12-7-4-8-13-23)33(43-31(27)36)16-18-35(19-17-33)20-22-10-5-3-6-11-22/h3-15,27-28,31H,16-21H2,1-2H3,(H,34,37)/t27?,28?,31-/m0/s1. The Hall–Kier alpha value is -4.02. The molecule has 1 N–H and O–H groups in total. The highest BCUT2D eigenvalue weighted by atomic mass is 32.2. The van der Waals surface area contributed by atoms with Crippen LogP contribution in [0, 0.1) is 0 Å². The summed E-state index contributed by atoms with van der Waals surface area (Å²) in [4.78, 5) is 44.9. The van der Waals surface area contributed by atoms with Gasteiger partial charge in [-0.05, 0) is 49.2 Å². The van der Waals surface area contributed by atoms with E-state index >= 15 is 0 Å². The zero-order valence-corrected chi connectivity index (χ0v) is 25.0. The Morgan fingerprint density at radius 2 is 1.49 bits per heavy atom. The lowest BCUT2D eigenvalue weighted by Gasteiger charge is -2.45. The first kappa shape index (κ1) is 29.1. The van der Waals surface area contributed by atoms with Crippen LogP contribution in [0.5, 0.6) is 11.5 Å². The van der Waals surface area contributed by atoms with Crippen LogP contribution in [0.15, 0.2) is 78.9 Å². The van der Waals surface area contributed by atoms with Crippen molar-refractivity contribution in [3.63, 3.8) is 0 Å². The Kier molecular flexibility index (Phi) is 8.32. The number of carbonyl (C=O) groups excluding carboxylic acids is 3. The minimum absolute atomic E-state index is 0.136. The van der Waals surface area contributed by atoms with E-state index in [1.807, 2.05) is 48.5 Å². The number of β-lactam (4-membered cyclic amide) rings is 1. The second-order valence-electron chi connectivity index (χ2n) is 11.1. The number of benzene rings is 3. The van der Waals surface area contributed by atoms with Gasteiger partial charge < -0.3 is 24.4 Å². The number of hydrogen-bond acceptors (Lipinski definition) is 8. The summed E-state index contributed by atoms with van der Waals surface area (Å²) < 4.78 is 16.1. The fourth-order valence-electron chi connectivity index (χ4n) is 6.32. The summed E-state index contributed by atoms with van der Waals surface area (Å²) >= 11 is 1.62. The van der Waals surface area contributed by atoms with Crippen molar-refractivity contribution >= 4 is 29.5 Å². The van der Waals surface area contributed by atoms with E-state index in [0.29, 0.717) is 11.5 Å². The molecule has 0 aliphatic carbocycles. The van der Waals surface area contributed by atoms with Gasteiger partial charge in [0.1, 0.15) is 41.1 Å². The van der Waals surface area contributed by atoms with Crippen molar-refractivity contribution < 1.29 is 28.6 Å². The summed E-state index contributed by atoms with van der Waals surface area (Å²) in [5, 5.41) is 2.53. The van der Waals surface area contributed by atoms with E-state index in [1.54, 1.807) is 34.9 Å². The van der Waals surface area contributed by atoms with Gasteiger partial charge >= 0.3 is 5.97 Å². The number of rotatable bonds is 9. The molecule has 0 radical (unpaired) electrons. The van der Waals surface area contributed by atoms with Crippen LogP contribution in [-0.2, 0) is 27.5 Å². The maximum atomic E-state index is 13.8. The maximum Gasteiger partial charge on any atom is 0.330 e. The van der Waals surface area contributed by atoms with Gasteiger partial charge in [-0.1, -0.05) is 66.7 Å². The molecule has 3 saturated heterocycles. The molecule has 3 heterocycles. The van der Waals surface area contributed by atoms with Crippen LogP contribution in [0.1, 0.15) is 34.3 Å². The average Bonchev–Trinajstić information content (AvgIpc) is 3.34. The number of piperidine rings is 1. The van der Waals surface area contributed by atoms with Gasteiger partial charge in [-0.2, -0.15) is 0 Å². The number of esters is 1. The van der Waals surface area contributed by atoms with Gasteiger partial charge in [-0.25, -0.2) is 4.79 Å². The second kappa shape index (κ2) is 12.3. The number of nitrogens with zero attached hydrogens (tertiary/aromatic N) is 2. The van der Waals surface area contributed by atoms with Gasteiger partial charge in [0.2, 0.25) is 5.91 Å². The minimum Gasteiger partial charge on any atom is -0.496 e. The largest absolute Gasteiger partial charge is 0.496 e. The van der Waals surface area contributed by atoms with E-state index in [9.17, 15) is 14.4 Å². The van der Waals surface area contributed by atoms with Crippen LogP contribution < -0.4 is 14.8 Å². The van der Waals surface area contributed by atoms with E-state index in [1.165, 1.54) is 19.8 Å². The number of hydrogen-bond donors (Lipinski definition) is 1. The molecule has 9 nitrogen and oxygen atoms in total. The fourth-order valence-corrected chi connectivity index (χ4v) is 8.22. The summed E-state index contributed by atoms with van der Waals surface area (Å²) in [6.45, 7) is 2.54. The lowest BCUT2D eigenvalue weighted by Crippen LogP contribution is -2.71. The molecule has 3 aromatic rings. The van der Waals surface area contributed by atoms with Crippen molar-refractivity contribution in [3.8, 4) is 11.5 Å². The highest BCUT2D eigenvalue weighted by molar-refractivity contribution is 8.01. The second-order valence-corrected chi connectivity index (χ2v) is 12.6.